The van der Waals surface area contributed by atoms with Gasteiger partial charge in [0.05, 0.1) is 17.2 Å². The van der Waals surface area contributed by atoms with E-state index in [9.17, 15) is 9.59 Å². The molecule has 2 heterocycles. The van der Waals surface area contributed by atoms with Gasteiger partial charge in [0.2, 0.25) is 0 Å². The van der Waals surface area contributed by atoms with E-state index >= 15 is 0 Å². The van der Waals surface area contributed by atoms with E-state index in [-0.39, 0.29) is 17.9 Å². The summed E-state index contributed by atoms with van der Waals surface area (Å²) in [6.45, 7) is 6.25. The van der Waals surface area contributed by atoms with E-state index < -0.39 is 0 Å². The van der Waals surface area contributed by atoms with Gasteiger partial charge in [-0.05, 0) is 97.5 Å². The lowest BCUT2D eigenvalue weighted by Crippen LogP contribution is -2.25. The number of para-hydroxylation sites is 2. The number of amides is 1. The van der Waals surface area contributed by atoms with Crippen molar-refractivity contribution in [2.24, 2.45) is 5.10 Å². The molecule has 0 aliphatic rings. The molecule has 5 rings (SSSR count). The number of rotatable bonds is 5. The zero-order chi connectivity index (χ0) is 25.4. The van der Waals surface area contributed by atoms with Gasteiger partial charge in [0.25, 0.3) is 5.91 Å². The van der Waals surface area contributed by atoms with Crippen LogP contribution in [0.3, 0.4) is 0 Å². The number of aromatic nitrogens is 2. The lowest BCUT2D eigenvalue weighted by atomic mass is 10.1. The van der Waals surface area contributed by atoms with E-state index in [2.05, 4.69) is 75.8 Å². The molecule has 0 radical (unpaired) electrons. The fourth-order valence-electron chi connectivity index (χ4n) is 4.68. The Bertz CT molecular complexity index is 1670. The number of benzene rings is 3. The maximum absolute atomic E-state index is 12.9. The van der Waals surface area contributed by atoms with Gasteiger partial charge in [0.15, 0.2) is 5.43 Å². The fourth-order valence-corrected chi connectivity index (χ4v) is 5.02. The molecule has 0 saturated heterocycles. The molecule has 36 heavy (non-hydrogen) atoms. The zero-order valence-corrected chi connectivity index (χ0v) is 22.4. The molecule has 0 saturated carbocycles. The van der Waals surface area contributed by atoms with Gasteiger partial charge in [0.1, 0.15) is 6.54 Å². The molecule has 0 fully saturated rings. The summed E-state index contributed by atoms with van der Waals surface area (Å²) < 4.78 is 5.28. The first-order valence-corrected chi connectivity index (χ1v) is 12.7. The number of nitrogens with zero attached hydrogens (tertiary/aromatic N) is 3. The highest BCUT2D eigenvalue weighted by Gasteiger charge is 2.13. The van der Waals surface area contributed by atoms with Crippen molar-refractivity contribution in [3.63, 3.8) is 0 Å². The van der Waals surface area contributed by atoms with Crippen molar-refractivity contribution >= 4 is 56.5 Å². The van der Waals surface area contributed by atoms with Crippen LogP contribution in [0.25, 0.3) is 27.5 Å². The molecule has 6 nitrogen and oxygen atoms in total. The summed E-state index contributed by atoms with van der Waals surface area (Å²) in [6, 6.07) is 23.2. The summed E-state index contributed by atoms with van der Waals surface area (Å²) in [5, 5.41) is 5.42. The van der Waals surface area contributed by atoms with E-state index in [1.807, 2.05) is 47.9 Å². The first-order valence-electron chi connectivity index (χ1n) is 11.6. The molecule has 1 amide bonds. The van der Waals surface area contributed by atoms with Crippen LogP contribution in [0.5, 0.6) is 0 Å². The summed E-state index contributed by atoms with van der Waals surface area (Å²) in [4.78, 5) is 25.8. The number of fused-ring (bicyclic) bond motifs is 2. The maximum Gasteiger partial charge on any atom is 0.260 e. The lowest BCUT2D eigenvalue weighted by Gasteiger charge is -2.14. The Hall–Kier alpha value is -3.72. The summed E-state index contributed by atoms with van der Waals surface area (Å²) >= 11 is 2.34. The van der Waals surface area contributed by atoms with Crippen LogP contribution in [0.2, 0.25) is 0 Å². The number of aryl methyl sites for hydroxylation is 2. The van der Waals surface area contributed by atoms with Crippen molar-refractivity contribution in [3.8, 4) is 5.69 Å². The van der Waals surface area contributed by atoms with Gasteiger partial charge in [-0.2, -0.15) is 5.10 Å². The van der Waals surface area contributed by atoms with Crippen molar-refractivity contribution in [2.45, 2.75) is 27.3 Å². The molecule has 0 aliphatic carbocycles. The molecule has 5 aromatic rings. The van der Waals surface area contributed by atoms with Crippen molar-refractivity contribution in [2.75, 3.05) is 0 Å². The number of nitrogens with one attached hydrogen (secondary N) is 1. The minimum atomic E-state index is -0.271. The molecule has 3 aromatic carbocycles. The highest BCUT2D eigenvalue weighted by atomic mass is 127. The molecular formula is C29H25IN4O2. The average molecular weight is 588 g/mol. The molecular weight excluding hydrogens is 563 g/mol. The second kappa shape index (κ2) is 9.73. The Labute approximate surface area is 222 Å². The first kappa shape index (κ1) is 24.0. The van der Waals surface area contributed by atoms with Gasteiger partial charge in [-0.3, -0.25) is 9.59 Å². The quantitative estimate of drug-likeness (QED) is 0.125. The molecule has 0 bridgehead atoms. The minimum absolute atomic E-state index is 0.0328. The van der Waals surface area contributed by atoms with E-state index in [4.69, 9.17) is 0 Å². The lowest BCUT2D eigenvalue weighted by molar-refractivity contribution is -0.121. The van der Waals surface area contributed by atoms with Crippen molar-refractivity contribution in [3.05, 3.63) is 109 Å². The molecule has 2 aromatic heterocycles. The Kier molecular flexibility index (Phi) is 6.49. The number of hydrazone groups is 1. The molecule has 7 heteroatoms. The summed E-state index contributed by atoms with van der Waals surface area (Å²) in [5.41, 5.74) is 9.46. The van der Waals surface area contributed by atoms with Crippen LogP contribution >= 0.6 is 22.6 Å². The topological polar surface area (TPSA) is 68.4 Å². The Morgan fingerprint density at radius 2 is 1.58 bits per heavy atom. The van der Waals surface area contributed by atoms with Crippen LogP contribution in [0, 0.1) is 24.3 Å². The van der Waals surface area contributed by atoms with Gasteiger partial charge in [0, 0.05) is 37.0 Å². The number of halogens is 1. The number of pyridine rings is 1. The third-order valence-electron chi connectivity index (χ3n) is 6.44. The fraction of sp³-hybridized carbons (Fsp3) is 0.138. The number of hydrogen-bond donors (Lipinski definition) is 1. The second-order valence-corrected chi connectivity index (χ2v) is 10.0. The zero-order valence-electron chi connectivity index (χ0n) is 20.2. The number of carbonyl (C=O) groups is 1. The summed E-state index contributed by atoms with van der Waals surface area (Å²) in [6.07, 6.45) is 1.68. The third kappa shape index (κ3) is 4.35. The second-order valence-electron chi connectivity index (χ2n) is 8.84. The minimum Gasteiger partial charge on any atom is -0.331 e. The van der Waals surface area contributed by atoms with E-state index in [1.165, 1.54) is 9.13 Å². The summed E-state index contributed by atoms with van der Waals surface area (Å²) in [5.74, 6) is -0.271. The predicted molar refractivity (Wildman–Crippen MR) is 154 cm³/mol. The predicted octanol–water partition coefficient (Wildman–Crippen LogP) is 5.63. The highest BCUT2D eigenvalue weighted by Crippen LogP contribution is 2.23. The maximum atomic E-state index is 12.9. The van der Waals surface area contributed by atoms with Gasteiger partial charge >= 0.3 is 0 Å². The van der Waals surface area contributed by atoms with Crippen molar-refractivity contribution < 1.29 is 4.79 Å². The van der Waals surface area contributed by atoms with Crippen LogP contribution < -0.4 is 10.9 Å². The Balaban J connectivity index is 1.40. The Morgan fingerprint density at radius 1 is 0.944 bits per heavy atom. The molecule has 0 unspecified atom stereocenters. The summed E-state index contributed by atoms with van der Waals surface area (Å²) in [7, 11) is 0. The van der Waals surface area contributed by atoms with Crippen LogP contribution in [-0.2, 0) is 11.3 Å². The molecule has 1 N–H and O–H groups in total. The third-order valence-corrected chi connectivity index (χ3v) is 7.65. The van der Waals surface area contributed by atoms with Crippen molar-refractivity contribution in [1.29, 1.82) is 0 Å². The number of carbonyl (C=O) groups excluding carboxylic acids is 1. The molecule has 180 valence electrons. The number of hydrogen-bond acceptors (Lipinski definition) is 3. The van der Waals surface area contributed by atoms with E-state index in [1.54, 1.807) is 18.3 Å². The molecule has 0 spiro atoms. The molecule has 0 aliphatic heterocycles. The van der Waals surface area contributed by atoms with Crippen molar-refractivity contribution in [1.82, 2.24) is 14.6 Å². The van der Waals surface area contributed by atoms with Gasteiger partial charge in [-0.1, -0.05) is 24.3 Å². The monoisotopic (exact) mass is 588 g/mol. The standard InChI is InChI=1S/C29H25IN4O2/c1-18-14-22(12-13-25(18)30)34-19(2)15-21(20(34)3)16-31-32-28(35)17-33-26-10-6-4-8-23(26)29(36)24-9-5-7-11-27(24)33/h4-16H,17H2,1-3H3,(H,32,35)/b31-16-. The van der Waals surface area contributed by atoms with Crippen LogP contribution in [-0.4, -0.2) is 21.3 Å². The van der Waals surface area contributed by atoms with E-state index in [0.29, 0.717) is 10.8 Å². The van der Waals surface area contributed by atoms with Crippen LogP contribution in [0.1, 0.15) is 22.5 Å². The highest BCUT2D eigenvalue weighted by molar-refractivity contribution is 14.1. The van der Waals surface area contributed by atoms with Gasteiger partial charge < -0.3 is 9.13 Å². The molecule has 0 atom stereocenters. The van der Waals surface area contributed by atoms with Crippen LogP contribution in [0.15, 0.2) is 82.7 Å². The van der Waals surface area contributed by atoms with Crippen LogP contribution in [0.4, 0.5) is 0 Å². The van der Waals surface area contributed by atoms with Gasteiger partial charge in [-0.15, -0.1) is 0 Å². The largest absolute Gasteiger partial charge is 0.331 e. The van der Waals surface area contributed by atoms with E-state index in [0.717, 1.165) is 33.7 Å². The normalized spacial score (nSPS) is 11.6. The average Bonchev–Trinajstić information content (AvgIpc) is 3.16. The first-order chi connectivity index (χ1) is 17.3. The Morgan fingerprint density at radius 3 is 2.22 bits per heavy atom. The smallest absolute Gasteiger partial charge is 0.260 e. The van der Waals surface area contributed by atoms with Gasteiger partial charge in [-0.25, -0.2) is 5.43 Å². The SMILES string of the molecule is Cc1cc(-n2c(C)cc(/C=N\NC(=O)Cn3c4ccccc4c(=O)c4ccccc43)c2C)ccc1I.